The van der Waals surface area contributed by atoms with Crippen LogP contribution in [0.1, 0.15) is 25.3 Å². The Balaban J connectivity index is 2.01. The van der Waals surface area contributed by atoms with Gasteiger partial charge in [-0.3, -0.25) is 0 Å². The normalized spacial score (nSPS) is 10.6. The minimum Gasteiger partial charge on any atom is -0.382 e. The van der Waals surface area contributed by atoms with Crippen molar-refractivity contribution in [2.24, 2.45) is 0 Å². The number of hydrogen-bond acceptors (Lipinski definition) is 2. The second-order valence-corrected chi connectivity index (χ2v) is 4.14. The van der Waals surface area contributed by atoms with Crippen LogP contribution < -0.4 is 5.32 Å². The summed E-state index contributed by atoms with van der Waals surface area (Å²) in [6.07, 6.45) is 2.29. The van der Waals surface area contributed by atoms with Crippen LogP contribution in [0.15, 0.2) is 24.3 Å². The SMILES string of the molecule is CCOCCCCNCc1ccc(Cl)cc1. The van der Waals surface area contributed by atoms with Crippen LogP contribution >= 0.6 is 11.6 Å². The Kier molecular flexibility index (Phi) is 7.23. The molecular weight excluding hydrogens is 222 g/mol. The van der Waals surface area contributed by atoms with Gasteiger partial charge in [0, 0.05) is 24.8 Å². The zero-order valence-corrected chi connectivity index (χ0v) is 10.6. The molecule has 0 saturated carbocycles. The van der Waals surface area contributed by atoms with E-state index in [0.29, 0.717) is 0 Å². The molecule has 0 fully saturated rings. The van der Waals surface area contributed by atoms with Crippen LogP contribution in [0.25, 0.3) is 0 Å². The first-order valence-corrected chi connectivity index (χ1v) is 6.23. The van der Waals surface area contributed by atoms with Gasteiger partial charge in [-0.1, -0.05) is 23.7 Å². The lowest BCUT2D eigenvalue weighted by atomic mass is 10.2. The second-order valence-electron chi connectivity index (χ2n) is 3.71. The fourth-order valence-electron chi connectivity index (χ4n) is 1.43. The monoisotopic (exact) mass is 241 g/mol. The molecule has 0 radical (unpaired) electrons. The topological polar surface area (TPSA) is 21.3 Å². The molecule has 2 nitrogen and oxygen atoms in total. The van der Waals surface area contributed by atoms with E-state index in [1.807, 2.05) is 19.1 Å². The molecule has 0 atom stereocenters. The highest BCUT2D eigenvalue weighted by Crippen LogP contribution is 2.08. The number of halogens is 1. The molecular formula is C13H20ClNO. The van der Waals surface area contributed by atoms with E-state index < -0.39 is 0 Å². The summed E-state index contributed by atoms with van der Waals surface area (Å²) in [6, 6.07) is 7.95. The van der Waals surface area contributed by atoms with Gasteiger partial charge in [0.1, 0.15) is 0 Å². The van der Waals surface area contributed by atoms with Gasteiger partial charge < -0.3 is 10.1 Å². The van der Waals surface area contributed by atoms with Gasteiger partial charge in [-0.2, -0.15) is 0 Å². The highest BCUT2D eigenvalue weighted by molar-refractivity contribution is 6.30. The standard InChI is InChI=1S/C13H20ClNO/c1-2-16-10-4-3-9-15-11-12-5-7-13(14)8-6-12/h5-8,15H,2-4,9-11H2,1H3. The van der Waals surface area contributed by atoms with E-state index in [1.165, 1.54) is 5.56 Å². The smallest absolute Gasteiger partial charge is 0.0466 e. The van der Waals surface area contributed by atoms with E-state index in [-0.39, 0.29) is 0 Å². The van der Waals surface area contributed by atoms with Gasteiger partial charge in [0.25, 0.3) is 0 Å². The average molecular weight is 242 g/mol. The van der Waals surface area contributed by atoms with E-state index in [9.17, 15) is 0 Å². The van der Waals surface area contributed by atoms with Crippen LogP contribution in [0.5, 0.6) is 0 Å². The third-order valence-corrected chi connectivity index (χ3v) is 2.59. The zero-order chi connectivity index (χ0) is 11.6. The highest BCUT2D eigenvalue weighted by Gasteiger charge is 1.93. The van der Waals surface area contributed by atoms with Crippen molar-refractivity contribution in [3.05, 3.63) is 34.9 Å². The van der Waals surface area contributed by atoms with Crippen molar-refractivity contribution in [2.45, 2.75) is 26.3 Å². The first-order valence-electron chi connectivity index (χ1n) is 5.86. The summed E-state index contributed by atoms with van der Waals surface area (Å²) in [5.41, 5.74) is 1.27. The Morgan fingerprint density at radius 2 is 1.94 bits per heavy atom. The van der Waals surface area contributed by atoms with E-state index in [0.717, 1.165) is 44.2 Å². The van der Waals surface area contributed by atoms with Gasteiger partial charge in [-0.25, -0.2) is 0 Å². The van der Waals surface area contributed by atoms with Gasteiger partial charge in [-0.05, 0) is 44.0 Å². The van der Waals surface area contributed by atoms with Gasteiger partial charge in [0.2, 0.25) is 0 Å². The van der Waals surface area contributed by atoms with Crippen LogP contribution in [-0.2, 0) is 11.3 Å². The maximum Gasteiger partial charge on any atom is 0.0466 e. The highest BCUT2D eigenvalue weighted by atomic mass is 35.5. The molecule has 90 valence electrons. The summed E-state index contributed by atoms with van der Waals surface area (Å²) in [5.74, 6) is 0. The molecule has 0 aliphatic heterocycles. The van der Waals surface area contributed by atoms with Crippen molar-refractivity contribution >= 4 is 11.6 Å². The van der Waals surface area contributed by atoms with Gasteiger partial charge in [-0.15, -0.1) is 0 Å². The summed E-state index contributed by atoms with van der Waals surface area (Å²) >= 11 is 5.81. The molecule has 0 amide bonds. The number of ether oxygens (including phenoxy) is 1. The first-order chi connectivity index (χ1) is 7.83. The molecule has 16 heavy (non-hydrogen) atoms. The van der Waals surface area contributed by atoms with Crippen LogP contribution in [0.4, 0.5) is 0 Å². The predicted octanol–water partition coefficient (Wildman–Crippen LogP) is 3.25. The molecule has 3 heteroatoms. The predicted molar refractivity (Wildman–Crippen MR) is 68.9 cm³/mol. The maximum atomic E-state index is 5.81. The quantitative estimate of drug-likeness (QED) is 0.706. The summed E-state index contributed by atoms with van der Waals surface area (Å²) < 4.78 is 5.27. The minimum atomic E-state index is 0.792. The summed E-state index contributed by atoms with van der Waals surface area (Å²) in [7, 11) is 0. The van der Waals surface area contributed by atoms with Crippen LogP contribution in [-0.4, -0.2) is 19.8 Å². The number of benzene rings is 1. The third-order valence-electron chi connectivity index (χ3n) is 2.34. The van der Waals surface area contributed by atoms with E-state index in [4.69, 9.17) is 16.3 Å². The summed E-state index contributed by atoms with van der Waals surface area (Å²) in [6.45, 7) is 5.66. The summed E-state index contributed by atoms with van der Waals surface area (Å²) in [4.78, 5) is 0. The zero-order valence-electron chi connectivity index (χ0n) is 9.84. The van der Waals surface area contributed by atoms with Crippen molar-refractivity contribution in [2.75, 3.05) is 19.8 Å². The Labute approximate surface area is 103 Å². The van der Waals surface area contributed by atoms with Gasteiger partial charge in [0.05, 0.1) is 0 Å². The minimum absolute atomic E-state index is 0.792. The Bertz CT molecular complexity index is 274. The van der Waals surface area contributed by atoms with Crippen LogP contribution in [0.2, 0.25) is 5.02 Å². The molecule has 0 heterocycles. The lowest BCUT2D eigenvalue weighted by Gasteiger charge is -2.05. The number of unbranched alkanes of at least 4 members (excludes halogenated alkanes) is 1. The Morgan fingerprint density at radius 3 is 2.62 bits per heavy atom. The third kappa shape index (κ3) is 6.11. The van der Waals surface area contributed by atoms with E-state index in [1.54, 1.807) is 0 Å². The van der Waals surface area contributed by atoms with Crippen molar-refractivity contribution in [1.29, 1.82) is 0 Å². The largest absolute Gasteiger partial charge is 0.382 e. The van der Waals surface area contributed by atoms with E-state index in [2.05, 4.69) is 17.4 Å². The molecule has 0 spiro atoms. The molecule has 1 N–H and O–H groups in total. The van der Waals surface area contributed by atoms with Crippen molar-refractivity contribution in [3.63, 3.8) is 0 Å². The fraction of sp³-hybridized carbons (Fsp3) is 0.538. The van der Waals surface area contributed by atoms with Crippen LogP contribution in [0.3, 0.4) is 0 Å². The molecule has 0 unspecified atom stereocenters. The molecule has 0 aromatic heterocycles. The maximum absolute atomic E-state index is 5.81. The van der Waals surface area contributed by atoms with Crippen molar-refractivity contribution < 1.29 is 4.74 Å². The first kappa shape index (κ1) is 13.5. The molecule has 1 aromatic rings. The molecule has 0 saturated heterocycles. The number of rotatable bonds is 8. The Morgan fingerprint density at radius 1 is 1.19 bits per heavy atom. The van der Waals surface area contributed by atoms with E-state index >= 15 is 0 Å². The molecule has 1 aromatic carbocycles. The van der Waals surface area contributed by atoms with Crippen molar-refractivity contribution in [1.82, 2.24) is 5.32 Å². The van der Waals surface area contributed by atoms with Gasteiger partial charge in [0.15, 0.2) is 0 Å². The molecule has 0 bridgehead atoms. The van der Waals surface area contributed by atoms with Crippen molar-refractivity contribution in [3.8, 4) is 0 Å². The second kappa shape index (κ2) is 8.57. The lowest BCUT2D eigenvalue weighted by Crippen LogP contribution is -2.15. The Hall–Kier alpha value is -0.570. The number of nitrogens with one attached hydrogen (secondary N) is 1. The lowest BCUT2D eigenvalue weighted by molar-refractivity contribution is 0.143. The van der Waals surface area contributed by atoms with Gasteiger partial charge >= 0.3 is 0 Å². The number of hydrogen-bond donors (Lipinski definition) is 1. The summed E-state index contributed by atoms with van der Waals surface area (Å²) in [5, 5.41) is 4.19. The fourth-order valence-corrected chi connectivity index (χ4v) is 1.56. The average Bonchev–Trinajstić information content (AvgIpc) is 2.30. The molecule has 1 rings (SSSR count). The molecule has 0 aliphatic rings. The molecule has 0 aliphatic carbocycles. The van der Waals surface area contributed by atoms with Crippen LogP contribution in [0, 0.1) is 0 Å².